The van der Waals surface area contributed by atoms with Crippen LogP contribution in [0.1, 0.15) is 18.2 Å². The fourth-order valence-corrected chi connectivity index (χ4v) is 2.41. The Kier molecular flexibility index (Phi) is 3.75. The Balaban J connectivity index is 1.76. The van der Waals surface area contributed by atoms with E-state index in [1.54, 1.807) is 11.3 Å². The van der Waals surface area contributed by atoms with E-state index in [0.29, 0.717) is 13.2 Å². The first-order chi connectivity index (χ1) is 7.31. The van der Waals surface area contributed by atoms with Gasteiger partial charge in [0.1, 0.15) is 0 Å². The largest absolute Gasteiger partial charge is 0.374 e. The van der Waals surface area contributed by atoms with E-state index in [1.165, 1.54) is 4.88 Å². The molecule has 84 valence electrons. The molecule has 0 radical (unpaired) electrons. The SMILES string of the molecule is CCOC1C(N)CC1OCc1cccs1. The molecule has 2 rings (SSSR count). The molecule has 15 heavy (non-hydrogen) atoms. The van der Waals surface area contributed by atoms with Gasteiger partial charge >= 0.3 is 0 Å². The molecule has 0 saturated heterocycles. The summed E-state index contributed by atoms with van der Waals surface area (Å²) in [6.07, 6.45) is 1.19. The zero-order valence-corrected chi connectivity index (χ0v) is 9.70. The van der Waals surface area contributed by atoms with Crippen LogP contribution in [0.4, 0.5) is 0 Å². The summed E-state index contributed by atoms with van der Waals surface area (Å²) < 4.78 is 11.3. The Morgan fingerprint density at radius 1 is 1.53 bits per heavy atom. The van der Waals surface area contributed by atoms with E-state index in [0.717, 1.165) is 6.42 Å². The number of ether oxygens (including phenoxy) is 2. The van der Waals surface area contributed by atoms with Crippen LogP contribution >= 0.6 is 11.3 Å². The number of hydrogen-bond donors (Lipinski definition) is 1. The molecule has 0 aromatic carbocycles. The third-order valence-electron chi connectivity index (χ3n) is 2.67. The average Bonchev–Trinajstić information content (AvgIpc) is 2.73. The van der Waals surface area contributed by atoms with E-state index >= 15 is 0 Å². The van der Waals surface area contributed by atoms with Crippen molar-refractivity contribution in [3.05, 3.63) is 22.4 Å². The molecule has 1 aromatic rings. The van der Waals surface area contributed by atoms with Crippen LogP contribution < -0.4 is 5.73 Å². The van der Waals surface area contributed by atoms with Crippen molar-refractivity contribution in [2.24, 2.45) is 5.73 Å². The highest BCUT2D eigenvalue weighted by atomic mass is 32.1. The van der Waals surface area contributed by atoms with Gasteiger partial charge in [0, 0.05) is 17.5 Å². The summed E-state index contributed by atoms with van der Waals surface area (Å²) in [5.74, 6) is 0. The molecular formula is C11H17NO2S. The lowest BCUT2D eigenvalue weighted by atomic mass is 9.86. The van der Waals surface area contributed by atoms with Crippen molar-refractivity contribution >= 4 is 11.3 Å². The molecule has 1 aliphatic rings. The van der Waals surface area contributed by atoms with E-state index in [-0.39, 0.29) is 18.2 Å². The molecule has 0 aliphatic heterocycles. The van der Waals surface area contributed by atoms with Crippen molar-refractivity contribution in [1.29, 1.82) is 0 Å². The van der Waals surface area contributed by atoms with Gasteiger partial charge in [0.25, 0.3) is 0 Å². The van der Waals surface area contributed by atoms with Crippen molar-refractivity contribution in [3.63, 3.8) is 0 Å². The maximum absolute atomic E-state index is 5.85. The van der Waals surface area contributed by atoms with Crippen LogP contribution in [0.5, 0.6) is 0 Å². The van der Waals surface area contributed by atoms with Crippen molar-refractivity contribution in [2.75, 3.05) is 6.61 Å². The smallest absolute Gasteiger partial charge is 0.0988 e. The van der Waals surface area contributed by atoms with Crippen LogP contribution in [0.2, 0.25) is 0 Å². The maximum atomic E-state index is 5.85. The van der Waals surface area contributed by atoms with E-state index in [9.17, 15) is 0 Å². The standard InChI is InChI=1S/C11H17NO2S/c1-2-13-11-9(12)6-10(11)14-7-8-4-3-5-15-8/h3-5,9-11H,2,6-7,12H2,1H3. The summed E-state index contributed by atoms with van der Waals surface area (Å²) in [4.78, 5) is 1.26. The summed E-state index contributed by atoms with van der Waals surface area (Å²) in [7, 11) is 0. The minimum Gasteiger partial charge on any atom is -0.374 e. The molecule has 3 atom stereocenters. The molecule has 3 unspecified atom stereocenters. The van der Waals surface area contributed by atoms with Crippen LogP contribution in [-0.4, -0.2) is 24.9 Å². The van der Waals surface area contributed by atoms with Gasteiger partial charge in [0.05, 0.1) is 18.8 Å². The predicted octanol–water partition coefficient (Wildman–Crippen LogP) is 1.77. The van der Waals surface area contributed by atoms with Crippen molar-refractivity contribution in [1.82, 2.24) is 0 Å². The molecule has 1 heterocycles. The second-order valence-corrected chi connectivity index (χ2v) is 4.78. The van der Waals surface area contributed by atoms with Crippen LogP contribution in [0.3, 0.4) is 0 Å². The van der Waals surface area contributed by atoms with Crippen molar-refractivity contribution < 1.29 is 9.47 Å². The normalized spacial score (nSPS) is 30.1. The molecule has 0 amide bonds. The Labute approximate surface area is 94.2 Å². The van der Waals surface area contributed by atoms with Crippen LogP contribution in [-0.2, 0) is 16.1 Å². The second-order valence-electron chi connectivity index (χ2n) is 3.75. The molecule has 1 aromatic heterocycles. The average molecular weight is 227 g/mol. The lowest BCUT2D eigenvalue weighted by Crippen LogP contribution is -2.58. The molecule has 1 fully saturated rings. The summed E-state index contributed by atoms with van der Waals surface area (Å²) in [6, 6.07) is 4.27. The van der Waals surface area contributed by atoms with Gasteiger partial charge in [0.15, 0.2) is 0 Å². The number of nitrogens with two attached hydrogens (primary N) is 1. The zero-order valence-electron chi connectivity index (χ0n) is 8.89. The quantitative estimate of drug-likeness (QED) is 0.833. The highest BCUT2D eigenvalue weighted by Gasteiger charge is 2.40. The molecule has 1 saturated carbocycles. The van der Waals surface area contributed by atoms with Crippen molar-refractivity contribution in [2.45, 2.75) is 38.2 Å². The molecular weight excluding hydrogens is 210 g/mol. The number of rotatable bonds is 5. The Bertz CT molecular complexity index is 289. The first kappa shape index (κ1) is 11.1. The molecule has 0 spiro atoms. The van der Waals surface area contributed by atoms with Gasteiger partial charge in [-0.15, -0.1) is 11.3 Å². The van der Waals surface area contributed by atoms with Gasteiger partial charge in [-0.1, -0.05) is 6.07 Å². The summed E-state index contributed by atoms with van der Waals surface area (Å²) in [6.45, 7) is 3.37. The Hall–Kier alpha value is -0.420. The van der Waals surface area contributed by atoms with Crippen LogP contribution in [0.25, 0.3) is 0 Å². The van der Waals surface area contributed by atoms with Gasteiger partial charge in [-0.3, -0.25) is 0 Å². The highest BCUT2D eigenvalue weighted by Crippen LogP contribution is 2.27. The van der Waals surface area contributed by atoms with Gasteiger partial charge < -0.3 is 15.2 Å². The van der Waals surface area contributed by atoms with Gasteiger partial charge in [-0.2, -0.15) is 0 Å². The molecule has 2 N–H and O–H groups in total. The summed E-state index contributed by atoms with van der Waals surface area (Å²) in [5.41, 5.74) is 5.85. The van der Waals surface area contributed by atoms with Crippen LogP contribution in [0, 0.1) is 0 Å². The Morgan fingerprint density at radius 3 is 3.00 bits per heavy atom. The third kappa shape index (κ3) is 2.58. The fraction of sp³-hybridized carbons (Fsp3) is 0.636. The monoisotopic (exact) mass is 227 g/mol. The molecule has 0 bridgehead atoms. The molecule has 3 nitrogen and oxygen atoms in total. The van der Waals surface area contributed by atoms with E-state index < -0.39 is 0 Å². The van der Waals surface area contributed by atoms with E-state index in [2.05, 4.69) is 11.4 Å². The first-order valence-electron chi connectivity index (χ1n) is 5.32. The van der Waals surface area contributed by atoms with Crippen molar-refractivity contribution in [3.8, 4) is 0 Å². The van der Waals surface area contributed by atoms with E-state index in [4.69, 9.17) is 15.2 Å². The predicted molar refractivity (Wildman–Crippen MR) is 60.9 cm³/mol. The van der Waals surface area contributed by atoms with E-state index in [1.807, 2.05) is 13.0 Å². The second kappa shape index (κ2) is 5.07. The third-order valence-corrected chi connectivity index (χ3v) is 3.52. The van der Waals surface area contributed by atoms with Crippen LogP contribution in [0.15, 0.2) is 17.5 Å². The topological polar surface area (TPSA) is 44.5 Å². The minimum absolute atomic E-state index is 0.0926. The summed E-state index contributed by atoms with van der Waals surface area (Å²) >= 11 is 1.72. The lowest BCUT2D eigenvalue weighted by Gasteiger charge is -2.41. The number of thiophene rings is 1. The first-order valence-corrected chi connectivity index (χ1v) is 6.20. The minimum atomic E-state index is 0.0926. The highest BCUT2D eigenvalue weighted by molar-refractivity contribution is 7.09. The zero-order chi connectivity index (χ0) is 10.7. The van der Waals surface area contributed by atoms with Gasteiger partial charge in [0.2, 0.25) is 0 Å². The molecule has 1 aliphatic carbocycles. The van der Waals surface area contributed by atoms with Gasteiger partial charge in [-0.25, -0.2) is 0 Å². The summed E-state index contributed by atoms with van der Waals surface area (Å²) in [5, 5.41) is 2.06. The molecule has 4 heteroatoms. The van der Waals surface area contributed by atoms with Gasteiger partial charge in [-0.05, 0) is 24.8 Å². The maximum Gasteiger partial charge on any atom is 0.0988 e. The number of hydrogen-bond acceptors (Lipinski definition) is 4. The fourth-order valence-electron chi connectivity index (χ4n) is 1.79. The lowest BCUT2D eigenvalue weighted by molar-refractivity contribution is -0.142. The Morgan fingerprint density at radius 2 is 2.40 bits per heavy atom.